The first kappa shape index (κ1) is 13.0. The van der Waals surface area contributed by atoms with E-state index in [2.05, 4.69) is 10.9 Å². The smallest absolute Gasteiger partial charge is 0.265 e. The number of halogens is 1. The van der Waals surface area contributed by atoms with Gasteiger partial charge in [0.05, 0.1) is 11.5 Å². The maximum absolute atomic E-state index is 12.9. The standard InChI is InChI=1S/C11H13FN2O3S/c12-9-3-1-2-8(6-9)11(15)14-13-10-4-5-18(16,17)7-10/h1-3,6,10,13H,4-5,7H2,(H,14,15). The van der Waals surface area contributed by atoms with Gasteiger partial charge in [0.25, 0.3) is 5.91 Å². The van der Waals surface area contributed by atoms with E-state index in [-0.39, 0.29) is 23.1 Å². The first-order valence-electron chi connectivity index (χ1n) is 5.48. The molecular weight excluding hydrogens is 259 g/mol. The lowest BCUT2D eigenvalue weighted by Crippen LogP contribution is -2.44. The fourth-order valence-corrected chi connectivity index (χ4v) is 3.45. The lowest BCUT2D eigenvalue weighted by atomic mass is 10.2. The van der Waals surface area contributed by atoms with Crippen LogP contribution in [0.15, 0.2) is 24.3 Å². The number of carbonyl (C=O) groups is 1. The summed E-state index contributed by atoms with van der Waals surface area (Å²) in [5, 5.41) is 0. The van der Waals surface area contributed by atoms with Crippen molar-refractivity contribution in [2.24, 2.45) is 0 Å². The van der Waals surface area contributed by atoms with Crippen LogP contribution in [0.2, 0.25) is 0 Å². The van der Waals surface area contributed by atoms with Crippen LogP contribution in [-0.4, -0.2) is 31.9 Å². The molecule has 1 saturated heterocycles. The Morgan fingerprint density at radius 1 is 1.39 bits per heavy atom. The SMILES string of the molecule is O=C(NNC1CCS(=O)(=O)C1)c1cccc(F)c1. The number of hydrogen-bond donors (Lipinski definition) is 2. The number of amides is 1. The molecule has 2 N–H and O–H groups in total. The van der Waals surface area contributed by atoms with Crippen molar-refractivity contribution < 1.29 is 17.6 Å². The summed E-state index contributed by atoms with van der Waals surface area (Å²) in [7, 11) is -2.99. The Bertz CT molecular complexity index is 559. The predicted octanol–water partition coefficient (Wildman–Crippen LogP) is 0.247. The molecule has 5 nitrogen and oxygen atoms in total. The van der Waals surface area contributed by atoms with Gasteiger partial charge in [-0.1, -0.05) is 6.07 Å². The number of hydrazine groups is 1. The Morgan fingerprint density at radius 3 is 2.78 bits per heavy atom. The van der Waals surface area contributed by atoms with Crippen molar-refractivity contribution in [1.82, 2.24) is 10.9 Å². The van der Waals surface area contributed by atoms with E-state index in [9.17, 15) is 17.6 Å². The average molecular weight is 272 g/mol. The highest BCUT2D eigenvalue weighted by molar-refractivity contribution is 7.91. The highest BCUT2D eigenvalue weighted by atomic mass is 32.2. The Hall–Kier alpha value is -1.47. The van der Waals surface area contributed by atoms with Crippen molar-refractivity contribution in [2.75, 3.05) is 11.5 Å². The molecule has 1 amide bonds. The molecule has 7 heteroatoms. The number of nitrogens with one attached hydrogen (secondary N) is 2. The Labute approximate surface area is 104 Å². The van der Waals surface area contributed by atoms with Gasteiger partial charge in [-0.25, -0.2) is 18.2 Å². The molecule has 1 fully saturated rings. The summed E-state index contributed by atoms with van der Waals surface area (Å²) >= 11 is 0. The zero-order chi connectivity index (χ0) is 13.2. The van der Waals surface area contributed by atoms with Gasteiger partial charge in [0, 0.05) is 11.6 Å². The first-order valence-corrected chi connectivity index (χ1v) is 7.30. The molecule has 18 heavy (non-hydrogen) atoms. The molecule has 1 unspecified atom stereocenters. The van der Waals surface area contributed by atoms with Gasteiger partial charge in [-0.3, -0.25) is 10.2 Å². The molecule has 0 radical (unpaired) electrons. The van der Waals surface area contributed by atoms with Crippen molar-refractivity contribution in [3.8, 4) is 0 Å². The predicted molar refractivity (Wildman–Crippen MR) is 64.1 cm³/mol. The molecule has 1 aromatic rings. The largest absolute Gasteiger partial charge is 0.287 e. The van der Waals surface area contributed by atoms with Crippen LogP contribution in [0.25, 0.3) is 0 Å². The Morgan fingerprint density at radius 2 is 2.17 bits per heavy atom. The Balaban J connectivity index is 1.90. The number of benzene rings is 1. The lowest BCUT2D eigenvalue weighted by molar-refractivity contribution is 0.0926. The monoisotopic (exact) mass is 272 g/mol. The van der Waals surface area contributed by atoms with Gasteiger partial charge in [0.15, 0.2) is 9.84 Å². The van der Waals surface area contributed by atoms with Crippen LogP contribution >= 0.6 is 0 Å². The summed E-state index contributed by atoms with van der Waals surface area (Å²) in [5.74, 6) is -0.846. The molecule has 1 aromatic carbocycles. The molecule has 0 bridgehead atoms. The summed E-state index contributed by atoms with van der Waals surface area (Å²) in [4.78, 5) is 11.6. The number of carbonyl (C=O) groups excluding carboxylic acids is 1. The summed E-state index contributed by atoms with van der Waals surface area (Å²) in [6, 6.07) is 4.99. The molecule has 1 heterocycles. The van der Waals surface area contributed by atoms with E-state index in [0.29, 0.717) is 6.42 Å². The normalized spacial score (nSPS) is 21.7. The van der Waals surface area contributed by atoms with Crippen LogP contribution in [-0.2, 0) is 9.84 Å². The molecule has 0 spiro atoms. The molecule has 1 aliphatic heterocycles. The third kappa shape index (κ3) is 3.27. The van der Waals surface area contributed by atoms with E-state index in [1.807, 2.05) is 0 Å². The topological polar surface area (TPSA) is 75.3 Å². The average Bonchev–Trinajstić information content (AvgIpc) is 2.66. The molecular formula is C11H13FN2O3S. The van der Waals surface area contributed by atoms with Gasteiger partial charge in [-0.15, -0.1) is 0 Å². The minimum atomic E-state index is -2.99. The summed E-state index contributed by atoms with van der Waals surface area (Å²) in [6.45, 7) is 0. The minimum Gasteiger partial charge on any atom is -0.287 e. The maximum Gasteiger partial charge on any atom is 0.265 e. The van der Waals surface area contributed by atoms with E-state index in [0.717, 1.165) is 6.07 Å². The van der Waals surface area contributed by atoms with Gasteiger partial charge in [0.2, 0.25) is 0 Å². The molecule has 1 atom stereocenters. The summed E-state index contributed by atoms with van der Waals surface area (Å²) < 4.78 is 35.3. The van der Waals surface area contributed by atoms with E-state index in [1.54, 1.807) is 0 Å². The van der Waals surface area contributed by atoms with Crippen molar-refractivity contribution >= 4 is 15.7 Å². The second kappa shape index (κ2) is 5.03. The van der Waals surface area contributed by atoms with Crippen LogP contribution in [0.4, 0.5) is 4.39 Å². The van der Waals surface area contributed by atoms with Gasteiger partial charge < -0.3 is 0 Å². The minimum absolute atomic E-state index is 0.0103. The quantitative estimate of drug-likeness (QED) is 0.773. The van der Waals surface area contributed by atoms with E-state index in [4.69, 9.17) is 0 Å². The van der Waals surface area contributed by atoms with Crippen molar-refractivity contribution in [3.63, 3.8) is 0 Å². The third-order valence-electron chi connectivity index (χ3n) is 2.71. The maximum atomic E-state index is 12.9. The van der Waals surface area contributed by atoms with Gasteiger partial charge in [0.1, 0.15) is 5.82 Å². The molecule has 0 saturated carbocycles. The van der Waals surface area contributed by atoms with Crippen LogP contribution in [0, 0.1) is 5.82 Å². The van der Waals surface area contributed by atoms with Crippen molar-refractivity contribution in [1.29, 1.82) is 0 Å². The molecule has 0 aliphatic carbocycles. The van der Waals surface area contributed by atoms with Gasteiger partial charge in [-0.2, -0.15) is 0 Å². The molecule has 2 rings (SSSR count). The highest BCUT2D eigenvalue weighted by Crippen LogP contribution is 2.10. The van der Waals surface area contributed by atoms with E-state index in [1.165, 1.54) is 18.2 Å². The Kier molecular flexibility index (Phi) is 3.63. The van der Waals surface area contributed by atoms with Gasteiger partial charge >= 0.3 is 0 Å². The number of hydrogen-bond acceptors (Lipinski definition) is 4. The fraction of sp³-hybridized carbons (Fsp3) is 0.364. The highest BCUT2D eigenvalue weighted by Gasteiger charge is 2.27. The van der Waals surface area contributed by atoms with Crippen molar-refractivity contribution in [2.45, 2.75) is 12.5 Å². The molecule has 98 valence electrons. The van der Waals surface area contributed by atoms with Gasteiger partial charge in [-0.05, 0) is 24.6 Å². The third-order valence-corrected chi connectivity index (χ3v) is 4.48. The lowest BCUT2D eigenvalue weighted by Gasteiger charge is -2.11. The van der Waals surface area contributed by atoms with Crippen molar-refractivity contribution in [3.05, 3.63) is 35.6 Å². The second-order valence-corrected chi connectivity index (χ2v) is 6.44. The fourth-order valence-electron chi connectivity index (χ4n) is 1.78. The van der Waals surface area contributed by atoms with Crippen LogP contribution < -0.4 is 10.9 Å². The van der Waals surface area contributed by atoms with Crippen LogP contribution in [0.5, 0.6) is 0 Å². The van der Waals surface area contributed by atoms with E-state index >= 15 is 0 Å². The molecule has 1 aliphatic rings. The zero-order valence-electron chi connectivity index (χ0n) is 9.52. The first-order chi connectivity index (χ1) is 8.46. The summed E-state index contributed by atoms with van der Waals surface area (Å²) in [6.07, 6.45) is 0.464. The second-order valence-electron chi connectivity index (χ2n) is 4.21. The van der Waals surface area contributed by atoms with Crippen LogP contribution in [0.1, 0.15) is 16.8 Å². The number of sulfone groups is 1. The molecule has 0 aromatic heterocycles. The number of rotatable bonds is 3. The van der Waals surface area contributed by atoms with Crippen LogP contribution in [0.3, 0.4) is 0 Å². The van der Waals surface area contributed by atoms with E-state index < -0.39 is 21.6 Å². The zero-order valence-corrected chi connectivity index (χ0v) is 10.3. The summed E-state index contributed by atoms with van der Waals surface area (Å²) in [5.41, 5.74) is 5.22.